The lowest BCUT2D eigenvalue weighted by atomic mass is 9.89. The third-order valence-electron chi connectivity index (χ3n) is 5.15. The highest BCUT2D eigenvalue weighted by Crippen LogP contribution is 2.81. The molecule has 68 valence electrons. The summed E-state index contributed by atoms with van der Waals surface area (Å²) in [5, 5.41) is 9.89. The van der Waals surface area contributed by atoms with Gasteiger partial charge in [-0.1, -0.05) is 13.8 Å². The number of aliphatic hydroxyl groups is 1. The van der Waals surface area contributed by atoms with Gasteiger partial charge >= 0.3 is 0 Å². The van der Waals surface area contributed by atoms with E-state index in [4.69, 9.17) is 0 Å². The van der Waals surface area contributed by atoms with E-state index < -0.39 is 0 Å². The first-order valence-corrected chi connectivity index (χ1v) is 5.40. The van der Waals surface area contributed by atoms with E-state index in [0.717, 1.165) is 24.7 Å². The lowest BCUT2D eigenvalue weighted by Crippen LogP contribution is -2.16. The summed E-state index contributed by atoms with van der Waals surface area (Å²) in [6, 6.07) is 0. The smallest absolute Gasteiger partial charge is 0.0686 e. The van der Waals surface area contributed by atoms with Crippen LogP contribution in [0, 0.1) is 23.2 Å². The molecule has 3 aliphatic rings. The van der Waals surface area contributed by atoms with Crippen molar-refractivity contribution >= 4 is 0 Å². The summed E-state index contributed by atoms with van der Waals surface area (Å²) in [4.78, 5) is 0. The maximum atomic E-state index is 9.89. The molecule has 1 nitrogen and oxygen atoms in total. The van der Waals surface area contributed by atoms with Crippen LogP contribution in [0.1, 0.15) is 39.5 Å². The van der Waals surface area contributed by atoms with E-state index in [1.807, 2.05) is 0 Å². The van der Waals surface area contributed by atoms with E-state index in [1.54, 1.807) is 0 Å². The van der Waals surface area contributed by atoms with Crippen molar-refractivity contribution in [3.63, 3.8) is 0 Å². The highest BCUT2D eigenvalue weighted by atomic mass is 16.3. The zero-order valence-electron chi connectivity index (χ0n) is 8.01. The Morgan fingerprint density at radius 2 is 1.75 bits per heavy atom. The number of hydrogen-bond acceptors (Lipinski definition) is 1. The molecule has 3 rings (SSSR count). The predicted molar refractivity (Wildman–Crippen MR) is 47.7 cm³/mol. The van der Waals surface area contributed by atoms with E-state index in [2.05, 4.69) is 13.8 Å². The molecule has 0 aliphatic heterocycles. The molecule has 0 amide bonds. The van der Waals surface area contributed by atoms with Gasteiger partial charge in [-0.2, -0.15) is 0 Å². The molecular weight excluding hydrogens is 148 g/mol. The Hall–Kier alpha value is -0.0400. The van der Waals surface area contributed by atoms with E-state index in [-0.39, 0.29) is 5.60 Å². The molecule has 0 radical (unpaired) electrons. The Morgan fingerprint density at radius 3 is 2.17 bits per heavy atom. The average molecular weight is 166 g/mol. The molecule has 3 saturated carbocycles. The van der Waals surface area contributed by atoms with Crippen molar-refractivity contribution in [1.82, 2.24) is 0 Å². The van der Waals surface area contributed by atoms with E-state index in [9.17, 15) is 5.11 Å². The van der Waals surface area contributed by atoms with Crippen molar-refractivity contribution in [2.75, 3.05) is 0 Å². The molecule has 4 unspecified atom stereocenters. The first-order chi connectivity index (χ1) is 5.68. The summed E-state index contributed by atoms with van der Waals surface area (Å²) >= 11 is 0. The molecule has 1 N–H and O–H groups in total. The highest BCUT2D eigenvalue weighted by molar-refractivity contribution is 5.29. The standard InChI is InChI=1S/C11H18O/c1-3-10(4-2)7-5-11(12)6-8(11)9(7)10/h7-9,12H,3-6H2,1-2H3. The summed E-state index contributed by atoms with van der Waals surface area (Å²) in [6.45, 7) is 4.65. The fourth-order valence-corrected chi connectivity index (χ4v) is 4.27. The van der Waals surface area contributed by atoms with Gasteiger partial charge in [-0.05, 0) is 48.9 Å². The minimum atomic E-state index is -0.164. The Balaban J connectivity index is 1.84. The molecule has 12 heavy (non-hydrogen) atoms. The van der Waals surface area contributed by atoms with Gasteiger partial charge in [0.2, 0.25) is 0 Å². The van der Waals surface area contributed by atoms with Crippen LogP contribution >= 0.6 is 0 Å². The SMILES string of the molecule is CCC1(CC)C2CC3(O)CC3C21. The molecule has 0 aromatic heterocycles. The van der Waals surface area contributed by atoms with Crippen molar-refractivity contribution in [1.29, 1.82) is 0 Å². The molecule has 4 atom stereocenters. The minimum Gasteiger partial charge on any atom is -0.390 e. The van der Waals surface area contributed by atoms with Crippen LogP contribution in [0.25, 0.3) is 0 Å². The van der Waals surface area contributed by atoms with Crippen LogP contribution < -0.4 is 0 Å². The Morgan fingerprint density at radius 1 is 1.17 bits per heavy atom. The zero-order valence-corrected chi connectivity index (χ0v) is 8.01. The Labute approximate surface area is 74.2 Å². The fraction of sp³-hybridized carbons (Fsp3) is 1.00. The van der Waals surface area contributed by atoms with Gasteiger partial charge in [0.1, 0.15) is 0 Å². The maximum absolute atomic E-state index is 9.89. The van der Waals surface area contributed by atoms with Gasteiger partial charge in [-0.25, -0.2) is 0 Å². The summed E-state index contributed by atoms with van der Waals surface area (Å²) in [5.41, 5.74) is 0.510. The highest BCUT2D eigenvalue weighted by Gasteiger charge is 2.80. The predicted octanol–water partition coefficient (Wildman–Crippen LogP) is 2.19. The lowest BCUT2D eigenvalue weighted by molar-refractivity contribution is 0.112. The van der Waals surface area contributed by atoms with Crippen LogP contribution in [0.2, 0.25) is 0 Å². The van der Waals surface area contributed by atoms with E-state index >= 15 is 0 Å². The van der Waals surface area contributed by atoms with Crippen LogP contribution in [-0.2, 0) is 0 Å². The van der Waals surface area contributed by atoms with Crippen molar-refractivity contribution in [3.8, 4) is 0 Å². The van der Waals surface area contributed by atoms with Crippen LogP contribution in [-0.4, -0.2) is 10.7 Å². The molecule has 0 heterocycles. The van der Waals surface area contributed by atoms with Crippen molar-refractivity contribution in [2.24, 2.45) is 23.2 Å². The van der Waals surface area contributed by atoms with Gasteiger partial charge in [0.25, 0.3) is 0 Å². The topological polar surface area (TPSA) is 20.2 Å². The maximum Gasteiger partial charge on any atom is 0.0686 e. The summed E-state index contributed by atoms with van der Waals surface area (Å²) < 4.78 is 0. The second kappa shape index (κ2) is 1.75. The molecular formula is C11H18O. The van der Waals surface area contributed by atoms with E-state index in [1.165, 1.54) is 12.8 Å². The van der Waals surface area contributed by atoms with Crippen LogP contribution in [0.15, 0.2) is 0 Å². The second-order valence-electron chi connectivity index (χ2n) is 5.19. The summed E-state index contributed by atoms with van der Waals surface area (Å²) in [6.07, 6.45) is 4.93. The molecule has 0 spiro atoms. The lowest BCUT2D eigenvalue weighted by Gasteiger charge is -2.18. The molecule has 3 fully saturated rings. The van der Waals surface area contributed by atoms with Crippen LogP contribution in [0.3, 0.4) is 0 Å². The average Bonchev–Trinajstić information content (AvgIpc) is 2.87. The van der Waals surface area contributed by atoms with Crippen molar-refractivity contribution in [3.05, 3.63) is 0 Å². The van der Waals surface area contributed by atoms with Gasteiger partial charge < -0.3 is 5.11 Å². The van der Waals surface area contributed by atoms with Gasteiger partial charge in [0.05, 0.1) is 5.60 Å². The third-order valence-corrected chi connectivity index (χ3v) is 5.15. The zero-order chi connectivity index (χ0) is 8.56. The largest absolute Gasteiger partial charge is 0.390 e. The number of fused-ring (bicyclic) bond motifs is 3. The molecule has 3 aliphatic carbocycles. The second-order valence-corrected chi connectivity index (χ2v) is 5.19. The van der Waals surface area contributed by atoms with Gasteiger partial charge in [0.15, 0.2) is 0 Å². The molecule has 0 saturated heterocycles. The summed E-state index contributed by atoms with van der Waals surface area (Å²) in [7, 11) is 0. The van der Waals surface area contributed by atoms with E-state index in [0.29, 0.717) is 11.3 Å². The molecule has 0 aromatic rings. The van der Waals surface area contributed by atoms with Crippen molar-refractivity contribution < 1.29 is 5.11 Å². The van der Waals surface area contributed by atoms with Crippen LogP contribution in [0.4, 0.5) is 0 Å². The van der Waals surface area contributed by atoms with Gasteiger partial charge in [0, 0.05) is 0 Å². The van der Waals surface area contributed by atoms with Gasteiger partial charge in [-0.15, -0.1) is 0 Å². The third kappa shape index (κ3) is 0.555. The fourth-order valence-electron chi connectivity index (χ4n) is 4.27. The molecule has 1 heteroatoms. The quantitative estimate of drug-likeness (QED) is 0.666. The number of hydrogen-bond donors (Lipinski definition) is 1. The Bertz CT molecular complexity index is 231. The molecule has 0 bridgehead atoms. The summed E-state index contributed by atoms with van der Waals surface area (Å²) in [5.74, 6) is 2.52. The monoisotopic (exact) mass is 166 g/mol. The Kier molecular flexibility index (Phi) is 1.07. The first kappa shape index (κ1) is 7.37. The minimum absolute atomic E-state index is 0.164. The first-order valence-electron chi connectivity index (χ1n) is 5.40. The number of rotatable bonds is 2. The normalized spacial score (nSPS) is 57.8. The molecule has 0 aromatic carbocycles. The van der Waals surface area contributed by atoms with Crippen LogP contribution in [0.5, 0.6) is 0 Å². The van der Waals surface area contributed by atoms with Gasteiger partial charge in [-0.3, -0.25) is 0 Å². The van der Waals surface area contributed by atoms with Crippen molar-refractivity contribution in [2.45, 2.75) is 45.1 Å².